The summed E-state index contributed by atoms with van der Waals surface area (Å²) < 4.78 is 18.8. The highest BCUT2D eigenvalue weighted by atomic mass is 32.1. The van der Waals surface area contributed by atoms with Gasteiger partial charge >= 0.3 is 0 Å². The lowest BCUT2D eigenvalue weighted by atomic mass is 10.2. The zero-order valence-corrected chi connectivity index (χ0v) is 12.7. The Bertz CT molecular complexity index is 663. The van der Waals surface area contributed by atoms with Crippen LogP contribution in [0.3, 0.4) is 0 Å². The van der Waals surface area contributed by atoms with E-state index in [-0.39, 0.29) is 5.82 Å². The molecule has 114 valence electrons. The van der Waals surface area contributed by atoms with Crippen molar-refractivity contribution in [3.05, 3.63) is 66.6 Å². The third-order valence-corrected chi connectivity index (χ3v) is 3.00. The number of thiocarbonyl (C=S) groups is 1. The molecule has 0 aliphatic rings. The third-order valence-electron chi connectivity index (χ3n) is 2.71. The van der Waals surface area contributed by atoms with Crippen LogP contribution in [-0.4, -0.2) is 16.6 Å². The lowest BCUT2D eigenvalue weighted by molar-refractivity contribution is 0.451. The van der Waals surface area contributed by atoms with Crippen LogP contribution >= 0.6 is 12.2 Å². The molecule has 1 aromatic carbocycles. The molecule has 0 aliphatic heterocycles. The zero-order chi connectivity index (χ0) is 15.8. The molecule has 2 rings (SSSR count). The number of hydrogen-bond donors (Lipinski definition) is 2. The summed E-state index contributed by atoms with van der Waals surface area (Å²) in [5, 5.41) is 6.53. The van der Waals surface area contributed by atoms with Crippen molar-refractivity contribution in [2.75, 3.05) is 6.54 Å². The summed E-state index contributed by atoms with van der Waals surface area (Å²) in [6.07, 6.45) is 3.34. The van der Waals surface area contributed by atoms with Crippen molar-refractivity contribution in [1.82, 2.24) is 15.6 Å². The maximum absolute atomic E-state index is 13.2. The molecule has 1 aromatic heterocycles. The SMILES string of the molecule is C=CCNC(=S)NCc1cccnc1Oc1cccc(F)c1. The quantitative estimate of drug-likeness (QED) is 0.633. The molecule has 0 atom stereocenters. The molecule has 1 heterocycles. The highest BCUT2D eigenvalue weighted by molar-refractivity contribution is 7.80. The first-order chi connectivity index (χ1) is 10.7. The summed E-state index contributed by atoms with van der Waals surface area (Å²) in [6, 6.07) is 9.59. The number of pyridine rings is 1. The Morgan fingerprint density at radius 1 is 1.32 bits per heavy atom. The molecular formula is C16H16FN3OS. The first-order valence-electron chi connectivity index (χ1n) is 6.69. The van der Waals surface area contributed by atoms with E-state index in [1.807, 2.05) is 6.07 Å². The molecule has 0 radical (unpaired) electrons. The van der Waals surface area contributed by atoms with E-state index in [2.05, 4.69) is 22.2 Å². The Hall–Kier alpha value is -2.47. The monoisotopic (exact) mass is 317 g/mol. The molecule has 2 N–H and O–H groups in total. The van der Waals surface area contributed by atoms with Gasteiger partial charge < -0.3 is 15.4 Å². The van der Waals surface area contributed by atoms with Crippen molar-refractivity contribution in [2.45, 2.75) is 6.54 Å². The normalized spacial score (nSPS) is 9.86. The first kappa shape index (κ1) is 15.9. The van der Waals surface area contributed by atoms with Gasteiger partial charge in [0.1, 0.15) is 11.6 Å². The summed E-state index contributed by atoms with van der Waals surface area (Å²) in [7, 11) is 0. The maximum Gasteiger partial charge on any atom is 0.224 e. The van der Waals surface area contributed by atoms with Gasteiger partial charge in [-0.15, -0.1) is 6.58 Å². The van der Waals surface area contributed by atoms with Gasteiger partial charge in [-0.05, 0) is 30.4 Å². The molecule has 0 saturated carbocycles. The minimum Gasteiger partial charge on any atom is -0.439 e. The minimum absolute atomic E-state index is 0.358. The van der Waals surface area contributed by atoms with Crippen LogP contribution in [0.2, 0.25) is 0 Å². The molecule has 0 aliphatic carbocycles. The van der Waals surface area contributed by atoms with Crippen LogP contribution in [-0.2, 0) is 6.54 Å². The van der Waals surface area contributed by atoms with Crippen LogP contribution in [0, 0.1) is 5.82 Å². The van der Waals surface area contributed by atoms with Gasteiger partial charge in [0.05, 0.1) is 0 Å². The predicted octanol–water partition coefficient (Wildman–Crippen LogP) is 3.16. The number of hydrogen-bond acceptors (Lipinski definition) is 3. The van der Waals surface area contributed by atoms with Gasteiger partial charge in [0.25, 0.3) is 0 Å². The Labute approximate surface area is 134 Å². The Balaban J connectivity index is 2.03. The molecule has 0 amide bonds. The van der Waals surface area contributed by atoms with Crippen LogP contribution in [0.25, 0.3) is 0 Å². The number of nitrogens with one attached hydrogen (secondary N) is 2. The van der Waals surface area contributed by atoms with Gasteiger partial charge in [0.15, 0.2) is 5.11 Å². The average molecular weight is 317 g/mol. The first-order valence-corrected chi connectivity index (χ1v) is 7.10. The van der Waals surface area contributed by atoms with Gasteiger partial charge in [0.2, 0.25) is 5.88 Å². The van der Waals surface area contributed by atoms with E-state index < -0.39 is 0 Å². The van der Waals surface area contributed by atoms with Gasteiger partial charge in [0, 0.05) is 30.9 Å². The van der Waals surface area contributed by atoms with Gasteiger partial charge in [-0.2, -0.15) is 0 Å². The highest BCUT2D eigenvalue weighted by Crippen LogP contribution is 2.23. The Morgan fingerprint density at radius 3 is 2.95 bits per heavy atom. The van der Waals surface area contributed by atoms with Crippen molar-refractivity contribution in [3.63, 3.8) is 0 Å². The predicted molar refractivity (Wildman–Crippen MR) is 88.3 cm³/mol. The molecule has 0 spiro atoms. The fraction of sp³-hybridized carbons (Fsp3) is 0.125. The third kappa shape index (κ3) is 4.82. The fourth-order valence-corrected chi connectivity index (χ4v) is 1.85. The molecule has 4 nitrogen and oxygen atoms in total. The molecule has 6 heteroatoms. The van der Waals surface area contributed by atoms with Crippen LogP contribution in [0.1, 0.15) is 5.56 Å². The number of halogens is 1. The standard InChI is InChI=1S/C16H16FN3OS/c1-2-8-19-16(22)20-11-12-5-4-9-18-15(12)21-14-7-3-6-13(17)10-14/h2-7,9-10H,1,8,11H2,(H2,19,20,22). The van der Waals surface area contributed by atoms with E-state index in [9.17, 15) is 4.39 Å². The van der Waals surface area contributed by atoms with Crippen molar-refractivity contribution in [3.8, 4) is 11.6 Å². The Kier molecular flexibility index (Phi) is 5.85. The van der Waals surface area contributed by atoms with E-state index >= 15 is 0 Å². The van der Waals surface area contributed by atoms with Crippen LogP contribution in [0.5, 0.6) is 11.6 Å². The van der Waals surface area contributed by atoms with Crippen LogP contribution in [0.15, 0.2) is 55.3 Å². The maximum atomic E-state index is 13.2. The summed E-state index contributed by atoms with van der Waals surface area (Å²) in [4.78, 5) is 4.18. The molecule has 22 heavy (non-hydrogen) atoms. The topological polar surface area (TPSA) is 46.2 Å². The minimum atomic E-state index is -0.358. The lowest BCUT2D eigenvalue weighted by Crippen LogP contribution is -2.34. The fourth-order valence-electron chi connectivity index (χ4n) is 1.70. The van der Waals surface area contributed by atoms with Crippen LogP contribution in [0.4, 0.5) is 4.39 Å². The Morgan fingerprint density at radius 2 is 2.18 bits per heavy atom. The van der Waals surface area contributed by atoms with E-state index in [1.165, 1.54) is 12.1 Å². The number of benzene rings is 1. The van der Waals surface area contributed by atoms with E-state index in [0.717, 1.165) is 5.56 Å². The van der Waals surface area contributed by atoms with E-state index in [1.54, 1.807) is 30.5 Å². The van der Waals surface area contributed by atoms with Gasteiger partial charge in [-0.3, -0.25) is 0 Å². The molecule has 0 fully saturated rings. The summed E-state index contributed by atoms with van der Waals surface area (Å²) in [5.41, 5.74) is 0.814. The number of nitrogens with zero attached hydrogens (tertiary/aromatic N) is 1. The van der Waals surface area contributed by atoms with E-state index in [4.69, 9.17) is 17.0 Å². The van der Waals surface area contributed by atoms with Crippen LogP contribution < -0.4 is 15.4 Å². The van der Waals surface area contributed by atoms with Crippen molar-refractivity contribution in [1.29, 1.82) is 0 Å². The van der Waals surface area contributed by atoms with Crippen molar-refractivity contribution in [2.24, 2.45) is 0 Å². The number of aromatic nitrogens is 1. The molecule has 0 bridgehead atoms. The second-order valence-electron chi connectivity index (χ2n) is 4.38. The largest absolute Gasteiger partial charge is 0.439 e. The highest BCUT2D eigenvalue weighted by Gasteiger charge is 2.07. The average Bonchev–Trinajstić information content (AvgIpc) is 2.52. The summed E-state index contributed by atoms with van der Waals surface area (Å²) >= 11 is 5.13. The van der Waals surface area contributed by atoms with E-state index in [0.29, 0.717) is 29.8 Å². The number of ether oxygens (including phenoxy) is 1. The second kappa shape index (κ2) is 8.09. The van der Waals surface area contributed by atoms with Gasteiger partial charge in [-0.1, -0.05) is 18.2 Å². The van der Waals surface area contributed by atoms with Crippen molar-refractivity contribution >= 4 is 17.3 Å². The molecule has 0 saturated heterocycles. The lowest BCUT2D eigenvalue weighted by Gasteiger charge is -2.12. The zero-order valence-electron chi connectivity index (χ0n) is 11.9. The number of rotatable bonds is 6. The van der Waals surface area contributed by atoms with Crippen molar-refractivity contribution < 1.29 is 9.13 Å². The second-order valence-corrected chi connectivity index (χ2v) is 4.79. The molecule has 0 unspecified atom stereocenters. The smallest absolute Gasteiger partial charge is 0.224 e. The molecular weight excluding hydrogens is 301 g/mol. The molecule has 2 aromatic rings. The summed E-state index contributed by atoms with van der Waals surface area (Å²) in [5.74, 6) is 0.447. The summed E-state index contributed by atoms with van der Waals surface area (Å²) in [6.45, 7) is 4.64. The van der Waals surface area contributed by atoms with Gasteiger partial charge in [-0.25, -0.2) is 9.37 Å².